The molecule has 0 saturated heterocycles. The minimum atomic E-state index is -3.92. The fourth-order valence-electron chi connectivity index (χ4n) is 6.18. The van der Waals surface area contributed by atoms with Crippen molar-refractivity contribution in [3.8, 4) is 5.69 Å². The van der Waals surface area contributed by atoms with Crippen molar-refractivity contribution in [3.63, 3.8) is 0 Å². The van der Waals surface area contributed by atoms with Crippen molar-refractivity contribution in [2.75, 3.05) is 13.6 Å². The minimum absolute atomic E-state index is 0.0290. The number of sulfonamides is 1. The Bertz CT molecular complexity index is 1790. The molecule has 3 N–H and O–H groups in total. The molecule has 3 aromatic carbocycles. The lowest BCUT2D eigenvalue weighted by atomic mass is 10.0. The maximum Gasteiger partial charge on any atom is 0.270 e. The van der Waals surface area contributed by atoms with Gasteiger partial charge in [-0.3, -0.25) is 10.1 Å². The molecule has 0 radical (unpaired) electrons. The van der Waals surface area contributed by atoms with Crippen molar-refractivity contribution in [2.24, 2.45) is 0 Å². The standard InChI is InChI=1S/C32H33ClN4O4S/c1-36-17-14-26-27-18-22(21-4-5-21)6-13-28(27)37(29(26)30(36)38)24-9-2-20(3-10-24)19-32(15-16-32)34-31(39)35-42(40,41)25-11-7-23(33)8-12-25/h2-3,6-13,18,21,31,34-35,39H,4-5,14-17,19H2,1H3. The van der Waals surface area contributed by atoms with E-state index in [4.69, 9.17) is 11.6 Å². The Morgan fingerprint density at radius 3 is 2.43 bits per heavy atom. The van der Waals surface area contributed by atoms with E-state index in [0.717, 1.165) is 47.3 Å². The molecule has 42 heavy (non-hydrogen) atoms. The van der Waals surface area contributed by atoms with E-state index in [1.165, 1.54) is 48.1 Å². The van der Waals surface area contributed by atoms with Crippen LogP contribution in [0.5, 0.6) is 0 Å². The summed E-state index contributed by atoms with van der Waals surface area (Å²) in [5, 5.41) is 15.3. The van der Waals surface area contributed by atoms with Crippen molar-refractivity contribution < 1.29 is 18.3 Å². The van der Waals surface area contributed by atoms with Gasteiger partial charge in [-0.2, -0.15) is 4.72 Å². The van der Waals surface area contributed by atoms with E-state index < -0.39 is 21.9 Å². The average Bonchev–Trinajstić information content (AvgIpc) is 3.90. The summed E-state index contributed by atoms with van der Waals surface area (Å²) < 4.78 is 29.8. The van der Waals surface area contributed by atoms with Crippen molar-refractivity contribution >= 4 is 38.4 Å². The molecular formula is C32H33ClN4O4S. The van der Waals surface area contributed by atoms with Crippen LogP contribution in [0, 0.1) is 0 Å². The van der Waals surface area contributed by atoms with Crippen LogP contribution in [0.15, 0.2) is 71.6 Å². The SMILES string of the molecule is CN1CCc2c(n(-c3ccc(CC4(NC(O)NS(=O)(=O)c5ccc(Cl)cc5)CC4)cc3)c3ccc(C4CC4)cc23)C1=O. The van der Waals surface area contributed by atoms with Crippen LogP contribution in [0.1, 0.15) is 58.8 Å². The second kappa shape index (κ2) is 10.2. The highest BCUT2D eigenvalue weighted by atomic mass is 35.5. The van der Waals surface area contributed by atoms with Crippen LogP contribution in [-0.4, -0.2) is 54.4 Å². The maximum absolute atomic E-state index is 13.4. The van der Waals surface area contributed by atoms with Gasteiger partial charge >= 0.3 is 0 Å². The van der Waals surface area contributed by atoms with Gasteiger partial charge in [0.25, 0.3) is 5.91 Å². The first-order valence-corrected chi connectivity index (χ1v) is 16.2. The predicted octanol–water partition coefficient (Wildman–Crippen LogP) is 4.71. The first-order valence-electron chi connectivity index (χ1n) is 14.4. The molecule has 1 aromatic heterocycles. The van der Waals surface area contributed by atoms with E-state index >= 15 is 0 Å². The van der Waals surface area contributed by atoms with Gasteiger partial charge < -0.3 is 14.6 Å². The van der Waals surface area contributed by atoms with Crippen LogP contribution in [0.25, 0.3) is 16.6 Å². The van der Waals surface area contributed by atoms with E-state index in [1.54, 1.807) is 4.90 Å². The Balaban J connectivity index is 1.11. The third-order valence-corrected chi connectivity index (χ3v) is 10.5. The zero-order chi connectivity index (χ0) is 29.2. The number of likely N-dealkylation sites (N-methyl/N-ethyl adjacent to an activating group) is 1. The summed E-state index contributed by atoms with van der Waals surface area (Å²) in [6, 6.07) is 20.6. The van der Waals surface area contributed by atoms with Crippen LogP contribution < -0.4 is 10.0 Å². The number of nitrogens with one attached hydrogen (secondary N) is 2. The van der Waals surface area contributed by atoms with E-state index in [-0.39, 0.29) is 10.8 Å². The Labute approximate surface area is 250 Å². The van der Waals surface area contributed by atoms with Gasteiger partial charge in [0.05, 0.1) is 10.4 Å². The molecule has 1 aliphatic heterocycles. The Hall–Kier alpha value is -3.21. The topological polar surface area (TPSA) is 104 Å². The maximum atomic E-state index is 13.4. The quantitative estimate of drug-likeness (QED) is 0.240. The predicted molar refractivity (Wildman–Crippen MR) is 162 cm³/mol. The number of hydrogen-bond acceptors (Lipinski definition) is 5. The zero-order valence-electron chi connectivity index (χ0n) is 23.3. The molecule has 1 atom stereocenters. The second-order valence-corrected chi connectivity index (χ2v) is 14.1. The molecular weight excluding hydrogens is 572 g/mol. The number of fused-ring (bicyclic) bond motifs is 3. The highest BCUT2D eigenvalue weighted by molar-refractivity contribution is 7.89. The molecule has 10 heteroatoms. The first-order chi connectivity index (χ1) is 20.1. The number of carbonyl (C=O) groups excluding carboxylic acids is 1. The number of benzene rings is 3. The van der Waals surface area contributed by atoms with Gasteiger partial charge in [-0.25, -0.2) is 8.42 Å². The summed E-state index contributed by atoms with van der Waals surface area (Å²) in [5.74, 6) is 0.685. The van der Waals surface area contributed by atoms with Crippen LogP contribution >= 0.6 is 11.6 Å². The van der Waals surface area contributed by atoms with E-state index in [1.807, 2.05) is 19.2 Å². The Morgan fingerprint density at radius 1 is 1.05 bits per heavy atom. The summed E-state index contributed by atoms with van der Waals surface area (Å²) in [6.07, 6.45) is 4.13. The summed E-state index contributed by atoms with van der Waals surface area (Å²) in [7, 11) is -2.06. The fourth-order valence-corrected chi connectivity index (χ4v) is 7.29. The lowest BCUT2D eigenvalue weighted by molar-refractivity contribution is 0.0773. The molecule has 0 bridgehead atoms. The Kier molecular flexibility index (Phi) is 6.71. The zero-order valence-corrected chi connectivity index (χ0v) is 24.9. The molecule has 3 aliphatic rings. The number of halogens is 1. The van der Waals surface area contributed by atoms with E-state index in [0.29, 0.717) is 23.9 Å². The Morgan fingerprint density at radius 2 is 1.76 bits per heavy atom. The molecule has 7 rings (SSSR count). The van der Waals surface area contributed by atoms with Gasteiger partial charge in [-0.1, -0.05) is 29.8 Å². The molecule has 8 nitrogen and oxygen atoms in total. The van der Waals surface area contributed by atoms with Gasteiger partial charge in [0, 0.05) is 35.2 Å². The third kappa shape index (κ3) is 5.14. The summed E-state index contributed by atoms with van der Waals surface area (Å²) in [6.45, 7) is 0.717. The minimum Gasteiger partial charge on any atom is -0.365 e. The van der Waals surface area contributed by atoms with E-state index in [9.17, 15) is 18.3 Å². The van der Waals surface area contributed by atoms with Crippen molar-refractivity contribution in [2.45, 2.75) is 61.2 Å². The van der Waals surface area contributed by atoms with Gasteiger partial charge in [0.1, 0.15) is 5.69 Å². The number of rotatable bonds is 9. The summed E-state index contributed by atoms with van der Waals surface area (Å²) >= 11 is 5.87. The van der Waals surface area contributed by atoms with Gasteiger partial charge in [0.15, 0.2) is 6.35 Å². The molecule has 218 valence electrons. The van der Waals surface area contributed by atoms with Gasteiger partial charge in [-0.05, 0) is 110 Å². The highest BCUT2D eigenvalue weighted by Gasteiger charge is 2.44. The number of aromatic nitrogens is 1. The lowest BCUT2D eigenvalue weighted by Gasteiger charge is -2.24. The van der Waals surface area contributed by atoms with Crippen LogP contribution in [0.3, 0.4) is 0 Å². The van der Waals surface area contributed by atoms with E-state index in [2.05, 4.69) is 44.9 Å². The lowest BCUT2D eigenvalue weighted by Crippen LogP contribution is -2.51. The van der Waals surface area contributed by atoms with Crippen LogP contribution in [0.4, 0.5) is 0 Å². The van der Waals surface area contributed by atoms with Crippen molar-refractivity contribution in [1.82, 2.24) is 19.5 Å². The molecule has 2 aliphatic carbocycles. The molecule has 0 spiro atoms. The normalized spacial score (nSPS) is 18.7. The highest BCUT2D eigenvalue weighted by Crippen LogP contribution is 2.43. The molecule has 2 heterocycles. The average molecular weight is 605 g/mol. The summed E-state index contributed by atoms with van der Waals surface area (Å²) in [5.41, 5.74) is 5.89. The number of nitrogens with zero attached hydrogens (tertiary/aromatic N) is 2. The first kappa shape index (κ1) is 27.6. The van der Waals surface area contributed by atoms with Gasteiger partial charge in [0.2, 0.25) is 10.0 Å². The van der Waals surface area contributed by atoms with Gasteiger partial charge in [-0.15, -0.1) is 0 Å². The number of carbonyl (C=O) groups is 1. The largest absolute Gasteiger partial charge is 0.365 e. The number of hydrogen-bond donors (Lipinski definition) is 3. The van der Waals surface area contributed by atoms with Crippen molar-refractivity contribution in [3.05, 3.63) is 94.1 Å². The molecule has 1 unspecified atom stereocenters. The molecule has 4 aromatic rings. The molecule has 1 amide bonds. The second-order valence-electron chi connectivity index (χ2n) is 11.9. The number of aliphatic hydroxyl groups is 1. The number of aliphatic hydroxyl groups excluding tert-OH is 1. The van der Waals surface area contributed by atoms with Crippen LogP contribution in [0.2, 0.25) is 5.02 Å². The summed E-state index contributed by atoms with van der Waals surface area (Å²) in [4.78, 5) is 15.2. The number of amides is 1. The van der Waals surface area contributed by atoms with Crippen LogP contribution in [-0.2, 0) is 22.9 Å². The molecule has 2 fully saturated rings. The smallest absolute Gasteiger partial charge is 0.270 e. The third-order valence-electron chi connectivity index (χ3n) is 8.82. The monoisotopic (exact) mass is 604 g/mol. The molecule has 2 saturated carbocycles. The van der Waals surface area contributed by atoms with Crippen molar-refractivity contribution in [1.29, 1.82) is 0 Å². The fraction of sp³-hybridized carbons (Fsp3) is 0.344.